The topological polar surface area (TPSA) is 73.1 Å². The fraction of sp³-hybridized carbons (Fsp3) is 0.636. The highest BCUT2D eigenvalue weighted by molar-refractivity contribution is 5.53. The molecule has 2 rings (SSSR count). The van der Waals surface area contributed by atoms with Crippen LogP contribution in [-0.2, 0) is 4.74 Å². The Morgan fingerprint density at radius 2 is 2.38 bits per heavy atom. The highest BCUT2D eigenvalue weighted by Crippen LogP contribution is 2.25. The van der Waals surface area contributed by atoms with Crippen molar-refractivity contribution in [3.8, 4) is 0 Å². The van der Waals surface area contributed by atoms with Crippen LogP contribution in [0.1, 0.15) is 25.3 Å². The molecule has 5 nitrogen and oxygen atoms in total. The van der Waals surface area contributed by atoms with E-state index in [4.69, 9.17) is 10.5 Å². The van der Waals surface area contributed by atoms with Gasteiger partial charge in [-0.15, -0.1) is 0 Å². The van der Waals surface area contributed by atoms with Gasteiger partial charge in [0, 0.05) is 18.7 Å². The zero-order chi connectivity index (χ0) is 11.6. The quantitative estimate of drug-likeness (QED) is 0.807. The lowest BCUT2D eigenvalue weighted by atomic mass is 10.0. The van der Waals surface area contributed by atoms with Gasteiger partial charge < -0.3 is 15.8 Å². The van der Waals surface area contributed by atoms with Gasteiger partial charge in [0.2, 0.25) is 0 Å². The van der Waals surface area contributed by atoms with E-state index in [1.54, 1.807) is 0 Å². The van der Waals surface area contributed by atoms with Crippen molar-refractivity contribution in [2.24, 2.45) is 0 Å². The van der Waals surface area contributed by atoms with E-state index in [-0.39, 0.29) is 5.60 Å². The minimum atomic E-state index is -0.0772. The summed E-state index contributed by atoms with van der Waals surface area (Å²) in [6.45, 7) is 5.63. The molecule has 0 radical (unpaired) electrons. The average molecular weight is 222 g/mol. The van der Waals surface area contributed by atoms with Crippen LogP contribution >= 0.6 is 0 Å². The number of aromatic nitrogens is 2. The number of nitrogens with one attached hydrogen (secondary N) is 1. The van der Waals surface area contributed by atoms with Crippen LogP contribution < -0.4 is 11.1 Å². The van der Waals surface area contributed by atoms with Gasteiger partial charge >= 0.3 is 0 Å². The van der Waals surface area contributed by atoms with Gasteiger partial charge in [0.05, 0.1) is 5.60 Å². The van der Waals surface area contributed by atoms with Gasteiger partial charge in [0.1, 0.15) is 18.0 Å². The smallest absolute Gasteiger partial charge is 0.134 e. The van der Waals surface area contributed by atoms with Gasteiger partial charge in [0.25, 0.3) is 0 Å². The van der Waals surface area contributed by atoms with Crippen LogP contribution in [-0.4, -0.2) is 28.7 Å². The number of hydrogen-bond acceptors (Lipinski definition) is 5. The largest absolute Gasteiger partial charge is 0.383 e. The molecule has 3 N–H and O–H groups in total. The lowest BCUT2D eigenvalue weighted by Crippen LogP contribution is -2.33. The second-order valence-corrected chi connectivity index (χ2v) is 4.49. The van der Waals surface area contributed by atoms with Crippen molar-refractivity contribution in [2.45, 2.75) is 32.3 Å². The molecule has 1 aliphatic heterocycles. The van der Waals surface area contributed by atoms with Gasteiger partial charge in [-0.05, 0) is 26.7 Å². The Hall–Kier alpha value is -1.36. The molecular weight excluding hydrogens is 204 g/mol. The van der Waals surface area contributed by atoms with Crippen molar-refractivity contribution in [1.82, 2.24) is 9.97 Å². The maximum Gasteiger partial charge on any atom is 0.134 e. The lowest BCUT2D eigenvalue weighted by Gasteiger charge is -2.24. The van der Waals surface area contributed by atoms with E-state index in [9.17, 15) is 0 Å². The summed E-state index contributed by atoms with van der Waals surface area (Å²) in [5.41, 5.74) is 6.53. The third-order valence-electron chi connectivity index (χ3n) is 3.05. The first kappa shape index (κ1) is 11.1. The zero-order valence-electron chi connectivity index (χ0n) is 9.79. The van der Waals surface area contributed by atoms with E-state index in [1.165, 1.54) is 6.33 Å². The molecule has 0 saturated carbocycles. The summed E-state index contributed by atoms with van der Waals surface area (Å²) < 4.78 is 5.70. The Morgan fingerprint density at radius 3 is 3.06 bits per heavy atom. The standard InChI is InChI=1S/C11H18N4O/c1-8-9(12)14-7-15-10(8)13-6-11(2)4-3-5-16-11/h7H,3-6H2,1-2H3,(H3,12,13,14,15). The Labute approximate surface area is 95.4 Å². The van der Waals surface area contributed by atoms with Crippen LogP contribution in [0.25, 0.3) is 0 Å². The molecule has 0 aliphatic carbocycles. The van der Waals surface area contributed by atoms with E-state index < -0.39 is 0 Å². The highest BCUT2D eigenvalue weighted by atomic mass is 16.5. The van der Waals surface area contributed by atoms with Gasteiger partial charge in [-0.3, -0.25) is 0 Å². The summed E-state index contributed by atoms with van der Waals surface area (Å²) in [7, 11) is 0. The molecule has 0 bridgehead atoms. The molecule has 5 heteroatoms. The predicted octanol–water partition coefficient (Wildman–Crippen LogP) is 1.35. The van der Waals surface area contributed by atoms with Gasteiger partial charge in [-0.2, -0.15) is 0 Å². The Balaban J connectivity index is 2.02. The molecule has 0 aromatic carbocycles. The van der Waals surface area contributed by atoms with Gasteiger partial charge in [-0.25, -0.2) is 9.97 Å². The molecule has 88 valence electrons. The first-order valence-corrected chi connectivity index (χ1v) is 5.56. The lowest BCUT2D eigenvalue weighted by molar-refractivity contribution is 0.0314. The number of hydrogen-bond donors (Lipinski definition) is 2. The van der Waals surface area contributed by atoms with E-state index in [2.05, 4.69) is 22.2 Å². The summed E-state index contributed by atoms with van der Waals surface area (Å²) in [6.07, 6.45) is 3.69. The fourth-order valence-electron chi connectivity index (χ4n) is 1.89. The van der Waals surface area contributed by atoms with Crippen molar-refractivity contribution in [2.75, 3.05) is 24.2 Å². The minimum absolute atomic E-state index is 0.0772. The zero-order valence-corrected chi connectivity index (χ0v) is 9.79. The van der Waals surface area contributed by atoms with Crippen LogP contribution in [0.4, 0.5) is 11.6 Å². The first-order chi connectivity index (χ1) is 7.61. The molecule has 16 heavy (non-hydrogen) atoms. The Kier molecular flexibility index (Phi) is 2.96. The van der Waals surface area contributed by atoms with Crippen molar-refractivity contribution in [3.05, 3.63) is 11.9 Å². The molecule has 1 aliphatic rings. The Morgan fingerprint density at radius 1 is 1.56 bits per heavy atom. The van der Waals surface area contributed by atoms with E-state index in [0.717, 1.165) is 37.4 Å². The maximum atomic E-state index is 5.71. The summed E-state index contributed by atoms with van der Waals surface area (Å²) >= 11 is 0. The summed E-state index contributed by atoms with van der Waals surface area (Å²) in [6, 6.07) is 0. The normalized spacial score (nSPS) is 24.6. The number of anilines is 2. The number of ether oxygens (including phenoxy) is 1. The molecule has 1 aromatic heterocycles. The van der Waals surface area contributed by atoms with Crippen LogP contribution in [0.2, 0.25) is 0 Å². The van der Waals surface area contributed by atoms with Gasteiger partial charge in [-0.1, -0.05) is 0 Å². The van der Waals surface area contributed by atoms with Crippen molar-refractivity contribution in [3.63, 3.8) is 0 Å². The average Bonchev–Trinajstić information content (AvgIpc) is 2.68. The number of nitrogens with two attached hydrogens (primary N) is 1. The summed E-state index contributed by atoms with van der Waals surface area (Å²) in [5.74, 6) is 1.32. The second kappa shape index (κ2) is 4.25. The first-order valence-electron chi connectivity index (χ1n) is 5.56. The molecule has 2 heterocycles. The molecule has 1 unspecified atom stereocenters. The van der Waals surface area contributed by atoms with Crippen LogP contribution in [0.15, 0.2) is 6.33 Å². The predicted molar refractivity (Wildman–Crippen MR) is 63.3 cm³/mol. The van der Waals surface area contributed by atoms with Crippen molar-refractivity contribution < 1.29 is 4.74 Å². The van der Waals surface area contributed by atoms with E-state index >= 15 is 0 Å². The summed E-state index contributed by atoms with van der Waals surface area (Å²) in [5, 5.41) is 3.28. The van der Waals surface area contributed by atoms with Crippen molar-refractivity contribution >= 4 is 11.6 Å². The maximum absolute atomic E-state index is 5.71. The van der Waals surface area contributed by atoms with Gasteiger partial charge in [0.15, 0.2) is 0 Å². The fourth-order valence-corrected chi connectivity index (χ4v) is 1.89. The number of nitrogens with zero attached hydrogens (tertiary/aromatic N) is 2. The number of nitrogen functional groups attached to an aromatic ring is 1. The third kappa shape index (κ3) is 2.24. The minimum Gasteiger partial charge on any atom is -0.383 e. The molecule has 1 aromatic rings. The van der Waals surface area contributed by atoms with Crippen LogP contribution in [0.3, 0.4) is 0 Å². The molecule has 1 fully saturated rings. The highest BCUT2D eigenvalue weighted by Gasteiger charge is 2.29. The summed E-state index contributed by atoms with van der Waals surface area (Å²) in [4.78, 5) is 8.11. The van der Waals surface area contributed by atoms with Crippen LogP contribution in [0.5, 0.6) is 0 Å². The van der Waals surface area contributed by atoms with E-state index in [0.29, 0.717) is 5.82 Å². The second-order valence-electron chi connectivity index (χ2n) is 4.49. The molecule has 0 spiro atoms. The molecule has 0 amide bonds. The monoisotopic (exact) mass is 222 g/mol. The Bertz CT molecular complexity index is 374. The third-order valence-corrected chi connectivity index (χ3v) is 3.05. The molecule has 1 saturated heterocycles. The molecule has 1 atom stereocenters. The van der Waals surface area contributed by atoms with Crippen LogP contribution in [0, 0.1) is 6.92 Å². The number of rotatable bonds is 3. The van der Waals surface area contributed by atoms with Crippen molar-refractivity contribution in [1.29, 1.82) is 0 Å². The van der Waals surface area contributed by atoms with E-state index in [1.807, 2.05) is 6.92 Å². The SMILES string of the molecule is Cc1c(N)ncnc1NCC1(C)CCCO1. The molecular formula is C11H18N4O.